The average molecular weight is 460 g/mol. The lowest BCUT2D eigenvalue weighted by Gasteiger charge is -2.32. The number of hydrogen-bond acceptors (Lipinski definition) is 8. The second-order valence-electron chi connectivity index (χ2n) is 8.13. The number of halogens is 1. The number of nitrogens with one attached hydrogen (secondary N) is 1. The van der Waals surface area contributed by atoms with Gasteiger partial charge in [0, 0.05) is 38.1 Å². The lowest BCUT2D eigenvalue weighted by molar-refractivity contribution is -0.148. The van der Waals surface area contributed by atoms with E-state index in [2.05, 4.69) is 32.3 Å². The van der Waals surface area contributed by atoms with Gasteiger partial charge in [0.15, 0.2) is 5.82 Å². The standard InChI is InChI=1S/C23H30ClN5O3/c1-3-31-22(30)16-10-12-29(13-11-16)18-8-6-17(7-9-18)26-23-25-15-19(24)21(27-23)28(2)20-5-4-14-32-20/h6-9,15-16,20H,3-5,10-14H2,1-2H3,(H,25,26,27)/t20-/m0/s1. The summed E-state index contributed by atoms with van der Waals surface area (Å²) in [6, 6.07) is 8.16. The Labute approximate surface area is 193 Å². The van der Waals surface area contributed by atoms with Crippen molar-refractivity contribution in [3.63, 3.8) is 0 Å². The highest BCUT2D eigenvalue weighted by atomic mass is 35.5. The number of ether oxygens (including phenoxy) is 2. The molecule has 0 radical (unpaired) electrons. The normalized spacial score (nSPS) is 19.1. The monoisotopic (exact) mass is 459 g/mol. The highest BCUT2D eigenvalue weighted by Crippen LogP contribution is 2.29. The molecule has 0 amide bonds. The van der Waals surface area contributed by atoms with Crippen molar-refractivity contribution in [3.8, 4) is 0 Å². The van der Waals surface area contributed by atoms with Crippen molar-refractivity contribution in [2.45, 2.75) is 38.8 Å². The van der Waals surface area contributed by atoms with E-state index in [4.69, 9.17) is 21.1 Å². The molecule has 0 spiro atoms. The predicted octanol–water partition coefficient (Wildman–Crippen LogP) is 4.23. The summed E-state index contributed by atoms with van der Waals surface area (Å²) in [7, 11) is 1.94. The Morgan fingerprint density at radius 3 is 2.69 bits per heavy atom. The number of anilines is 4. The summed E-state index contributed by atoms with van der Waals surface area (Å²) >= 11 is 6.34. The fraction of sp³-hybridized carbons (Fsp3) is 0.522. The molecule has 4 rings (SSSR count). The van der Waals surface area contributed by atoms with Gasteiger partial charge in [-0.1, -0.05) is 11.6 Å². The molecule has 8 nitrogen and oxygen atoms in total. The Kier molecular flexibility index (Phi) is 7.32. The summed E-state index contributed by atoms with van der Waals surface area (Å²) in [5.41, 5.74) is 2.02. The van der Waals surface area contributed by atoms with Gasteiger partial charge in [0.2, 0.25) is 5.95 Å². The molecule has 1 N–H and O–H groups in total. The molecular formula is C23H30ClN5O3. The minimum absolute atomic E-state index is 0.0103. The molecule has 3 heterocycles. The van der Waals surface area contributed by atoms with E-state index in [0.717, 1.165) is 56.8 Å². The zero-order chi connectivity index (χ0) is 22.5. The van der Waals surface area contributed by atoms with Crippen molar-refractivity contribution in [2.75, 3.05) is 48.5 Å². The van der Waals surface area contributed by atoms with Crippen LogP contribution in [-0.4, -0.2) is 55.5 Å². The summed E-state index contributed by atoms with van der Waals surface area (Å²) in [6.45, 7) is 4.73. The van der Waals surface area contributed by atoms with Crippen LogP contribution in [0.5, 0.6) is 0 Å². The Morgan fingerprint density at radius 2 is 2.03 bits per heavy atom. The summed E-state index contributed by atoms with van der Waals surface area (Å²) < 4.78 is 10.9. The van der Waals surface area contributed by atoms with Crippen molar-refractivity contribution in [1.29, 1.82) is 0 Å². The van der Waals surface area contributed by atoms with E-state index in [1.54, 1.807) is 6.20 Å². The molecule has 0 bridgehead atoms. The number of carbonyl (C=O) groups excluding carboxylic acids is 1. The molecule has 2 saturated heterocycles. The number of piperidine rings is 1. The largest absolute Gasteiger partial charge is 0.466 e. The lowest BCUT2D eigenvalue weighted by Crippen LogP contribution is -2.36. The minimum atomic E-state index is -0.0702. The number of benzene rings is 1. The summed E-state index contributed by atoms with van der Waals surface area (Å²) in [4.78, 5) is 25.1. The van der Waals surface area contributed by atoms with Crippen molar-refractivity contribution in [2.24, 2.45) is 5.92 Å². The third-order valence-corrected chi connectivity index (χ3v) is 6.27. The van der Waals surface area contributed by atoms with Crippen molar-refractivity contribution in [3.05, 3.63) is 35.5 Å². The number of rotatable bonds is 7. The minimum Gasteiger partial charge on any atom is -0.466 e. The first kappa shape index (κ1) is 22.6. The van der Waals surface area contributed by atoms with Gasteiger partial charge in [-0.05, 0) is 56.9 Å². The van der Waals surface area contributed by atoms with Gasteiger partial charge in [-0.2, -0.15) is 4.98 Å². The van der Waals surface area contributed by atoms with Crippen LogP contribution in [0, 0.1) is 5.92 Å². The molecule has 0 unspecified atom stereocenters. The number of carbonyl (C=O) groups is 1. The lowest BCUT2D eigenvalue weighted by atomic mass is 9.96. The van der Waals surface area contributed by atoms with Gasteiger partial charge in [0.05, 0.1) is 18.7 Å². The first-order valence-electron chi connectivity index (χ1n) is 11.2. The van der Waals surface area contributed by atoms with E-state index in [1.807, 2.05) is 31.0 Å². The molecule has 1 aromatic carbocycles. The number of aromatic nitrogens is 2. The van der Waals surface area contributed by atoms with E-state index in [0.29, 0.717) is 23.4 Å². The molecular weight excluding hydrogens is 430 g/mol. The number of hydrogen-bond donors (Lipinski definition) is 1. The van der Waals surface area contributed by atoms with Gasteiger partial charge < -0.3 is 24.6 Å². The Balaban J connectivity index is 1.37. The topological polar surface area (TPSA) is 79.8 Å². The van der Waals surface area contributed by atoms with Gasteiger partial charge >= 0.3 is 5.97 Å². The number of esters is 1. The second-order valence-corrected chi connectivity index (χ2v) is 8.54. The second kappa shape index (κ2) is 10.4. The van der Waals surface area contributed by atoms with Crippen LogP contribution >= 0.6 is 11.6 Å². The van der Waals surface area contributed by atoms with Crippen molar-refractivity contribution in [1.82, 2.24) is 9.97 Å². The molecule has 0 aliphatic carbocycles. The zero-order valence-corrected chi connectivity index (χ0v) is 19.3. The molecule has 1 aromatic heterocycles. The quantitative estimate of drug-likeness (QED) is 0.616. The van der Waals surface area contributed by atoms with E-state index >= 15 is 0 Å². The Morgan fingerprint density at radius 1 is 1.28 bits per heavy atom. The van der Waals surface area contributed by atoms with E-state index < -0.39 is 0 Å². The van der Waals surface area contributed by atoms with Crippen LogP contribution in [0.15, 0.2) is 30.5 Å². The van der Waals surface area contributed by atoms with Crippen LogP contribution in [0.4, 0.5) is 23.1 Å². The fourth-order valence-electron chi connectivity index (χ4n) is 4.19. The van der Waals surface area contributed by atoms with E-state index in [9.17, 15) is 4.79 Å². The molecule has 2 fully saturated rings. The molecule has 2 aliphatic heterocycles. The molecule has 1 atom stereocenters. The maximum absolute atomic E-state index is 11.9. The molecule has 2 aliphatic rings. The maximum atomic E-state index is 11.9. The fourth-order valence-corrected chi connectivity index (χ4v) is 4.41. The van der Waals surface area contributed by atoms with Crippen LogP contribution in [-0.2, 0) is 14.3 Å². The van der Waals surface area contributed by atoms with Gasteiger partial charge in [-0.15, -0.1) is 0 Å². The summed E-state index contributed by atoms with van der Waals surface area (Å²) in [6.07, 6.45) is 5.23. The predicted molar refractivity (Wildman–Crippen MR) is 126 cm³/mol. The van der Waals surface area contributed by atoms with E-state index in [1.165, 1.54) is 0 Å². The van der Waals surface area contributed by atoms with Gasteiger partial charge in [0.25, 0.3) is 0 Å². The molecule has 172 valence electrons. The first-order chi connectivity index (χ1) is 15.5. The average Bonchev–Trinajstić information content (AvgIpc) is 3.36. The third kappa shape index (κ3) is 5.24. The van der Waals surface area contributed by atoms with Crippen LogP contribution in [0.3, 0.4) is 0 Å². The van der Waals surface area contributed by atoms with Crippen molar-refractivity contribution < 1.29 is 14.3 Å². The molecule has 32 heavy (non-hydrogen) atoms. The summed E-state index contributed by atoms with van der Waals surface area (Å²) in [5, 5.41) is 3.75. The maximum Gasteiger partial charge on any atom is 0.309 e. The number of nitrogens with zero attached hydrogens (tertiary/aromatic N) is 4. The van der Waals surface area contributed by atoms with Gasteiger partial charge in [-0.3, -0.25) is 4.79 Å². The highest BCUT2D eigenvalue weighted by molar-refractivity contribution is 6.32. The Bertz CT molecular complexity index is 912. The van der Waals surface area contributed by atoms with Gasteiger partial charge in [0.1, 0.15) is 11.3 Å². The van der Waals surface area contributed by atoms with Crippen LogP contribution in [0.2, 0.25) is 5.02 Å². The Hall–Kier alpha value is -2.58. The highest BCUT2D eigenvalue weighted by Gasteiger charge is 2.26. The van der Waals surface area contributed by atoms with Crippen molar-refractivity contribution >= 4 is 40.7 Å². The third-order valence-electron chi connectivity index (χ3n) is 6.00. The van der Waals surface area contributed by atoms with Crippen LogP contribution in [0.25, 0.3) is 0 Å². The molecule has 2 aromatic rings. The smallest absolute Gasteiger partial charge is 0.309 e. The first-order valence-corrected chi connectivity index (χ1v) is 11.6. The SMILES string of the molecule is CCOC(=O)C1CCN(c2ccc(Nc3ncc(Cl)c(N(C)[C@@H]4CCCO4)n3)cc2)CC1. The van der Waals surface area contributed by atoms with Gasteiger partial charge in [-0.25, -0.2) is 4.98 Å². The van der Waals surface area contributed by atoms with E-state index in [-0.39, 0.29) is 18.1 Å². The zero-order valence-electron chi connectivity index (χ0n) is 18.6. The molecule has 0 saturated carbocycles. The molecule has 9 heteroatoms. The van der Waals surface area contributed by atoms with Crippen LogP contribution < -0.4 is 15.1 Å². The van der Waals surface area contributed by atoms with Crippen LogP contribution in [0.1, 0.15) is 32.6 Å². The summed E-state index contributed by atoms with van der Waals surface area (Å²) in [5.74, 6) is 1.07.